The van der Waals surface area contributed by atoms with Crippen molar-refractivity contribution in [2.75, 3.05) is 5.32 Å². The molecule has 1 aromatic heterocycles. The van der Waals surface area contributed by atoms with Crippen LogP contribution in [0.2, 0.25) is 0 Å². The Balaban J connectivity index is 1.98. The summed E-state index contributed by atoms with van der Waals surface area (Å²) in [5.41, 5.74) is 0.348. The molecule has 1 saturated carbocycles. The molecule has 1 N–H and O–H groups in total. The minimum atomic E-state index is -2.44. The molecule has 0 radical (unpaired) electrons. The van der Waals surface area contributed by atoms with Crippen molar-refractivity contribution in [1.29, 1.82) is 5.26 Å². The maximum absolute atomic E-state index is 13.0. The number of nitriles is 1. The van der Waals surface area contributed by atoms with Gasteiger partial charge in [0, 0.05) is 6.04 Å². The molecule has 0 spiro atoms. The molecule has 1 aromatic rings. The lowest BCUT2D eigenvalue weighted by Gasteiger charge is -2.32. The smallest absolute Gasteiger partial charge is 0.260 e. The highest BCUT2D eigenvalue weighted by molar-refractivity contribution is 5.53. The summed E-state index contributed by atoms with van der Waals surface area (Å²) < 4.78 is 27.3. The van der Waals surface area contributed by atoms with Gasteiger partial charge in [-0.1, -0.05) is 0 Å². The fourth-order valence-corrected chi connectivity index (χ4v) is 2.45. The molecule has 0 bridgehead atoms. The highest BCUT2D eigenvalue weighted by Crippen LogP contribution is 2.42. The van der Waals surface area contributed by atoms with Crippen molar-refractivity contribution in [3.63, 3.8) is 0 Å². The maximum Gasteiger partial charge on any atom is 0.260 e. The lowest BCUT2D eigenvalue weighted by Crippen LogP contribution is -2.36. The Kier molecular flexibility index (Phi) is 2.28. The van der Waals surface area contributed by atoms with E-state index in [1.54, 1.807) is 0 Å². The number of halogens is 2. The van der Waals surface area contributed by atoms with Gasteiger partial charge in [-0.2, -0.15) is 10.4 Å². The van der Waals surface area contributed by atoms with Crippen LogP contribution in [0.4, 0.5) is 14.6 Å². The minimum absolute atomic E-state index is 0.0605. The topological polar surface area (TPSA) is 53.6 Å². The predicted octanol–water partition coefficient (Wildman–Crippen LogP) is 2.16. The number of aromatic nitrogens is 2. The van der Waals surface area contributed by atoms with Crippen LogP contribution in [0.1, 0.15) is 30.9 Å². The number of fused-ring (bicyclic) bond motifs is 1. The van der Waals surface area contributed by atoms with Gasteiger partial charge in [0.15, 0.2) is 0 Å². The second kappa shape index (κ2) is 3.69. The van der Waals surface area contributed by atoms with Crippen LogP contribution >= 0.6 is 0 Å². The number of nitrogens with zero attached hydrogens (tertiary/aromatic N) is 3. The molecular weight excluding hydrogens is 226 g/mol. The molecule has 90 valence electrons. The monoisotopic (exact) mass is 238 g/mol. The first-order valence-electron chi connectivity index (χ1n) is 5.73. The molecule has 0 amide bonds. The quantitative estimate of drug-likeness (QED) is 0.858. The zero-order chi connectivity index (χ0) is 12.0. The Morgan fingerprint density at radius 2 is 2.29 bits per heavy atom. The fraction of sp³-hybridized carbons (Fsp3) is 0.636. The Hall–Kier alpha value is -1.64. The van der Waals surface area contributed by atoms with Gasteiger partial charge in [-0.15, -0.1) is 0 Å². The van der Waals surface area contributed by atoms with Crippen LogP contribution in [-0.2, 0) is 0 Å². The van der Waals surface area contributed by atoms with Gasteiger partial charge in [-0.05, 0) is 25.2 Å². The van der Waals surface area contributed by atoms with Gasteiger partial charge >= 0.3 is 0 Å². The molecule has 2 aliphatic rings. The summed E-state index contributed by atoms with van der Waals surface area (Å²) in [6.07, 6.45) is 1.48. The summed E-state index contributed by atoms with van der Waals surface area (Å²) in [7, 11) is 0. The van der Waals surface area contributed by atoms with Gasteiger partial charge in [0.05, 0.1) is 6.20 Å². The molecule has 1 fully saturated rings. The first kappa shape index (κ1) is 10.5. The van der Waals surface area contributed by atoms with E-state index in [1.807, 2.05) is 6.07 Å². The first-order valence-corrected chi connectivity index (χ1v) is 5.73. The van der Waals surface area contributed by atoms with Crippen molar-refractivity contribution < 1.29 is 8.78 Å². The van der Waals surface area contributed by atoms with E-state index in [2.05, 4.69) is 10.4 Å². The zero-order valence-corrected chi connectivity index (χ0v) is 9.11. The SMILES string of the molecule is N#Cc1cnn2c1N[C@H](C1CC1)C[C@@H]2C(F)F. The largest absolute Gasteiger partial charge is 0.366 e. The molecule has 2 atom stereocenters. The molecule has 0 unspecified atom stereocenters. The normalized spacial score (nSPS) is 27.4. The molecule has 4 nitrogen and oxygen atoms in total. The Morgan fingerprint density at radius 1 is 1.53 bits per heavy atom. The van der Waals surface area contributed by atoms with Crippen LogP contribution in [0.5, 0.6) is 0 Å². The van der Waals surface area contributed by atoms with Gasteiger partial charge in [-0.25, -0.2) is 13.5 Å². The molecule has 2 heterocycles. The number of hydrogen-bond acceptors (Lipinski definition) is 3. The van der Waals surface area contributed by atoms with Crippen molar-refractivity contribution in [1.82, 2.24) is 9.78 Å². The Morgan fingerprint density at radius 3 is 2.88 bits per heavy atom. The van der Waals surface area contributed by atoms with Crippen LogP contribution in [0.25, 0.3) is 0 Å². The highest BCUT2D eigenvalue weighted by atomic mass is 19.3. The van der Waals surface area contributed by atoms with Gasteiger partial charge < -0.3 is 5.32 Å². The molecule has 1 aliphatic heterocycles. The van der Waals surface area contributed by atoms with Crippen molar-refractivity contribution in [3.05, 3.63) is 11.8 Å². The van der Waals surface area contributed by atoms with Crippen LogP contribution in [0, 0.1) is 17.2 Å². The summed E-state index contributed by atoms with van der Waals surface area (Å²) in [6.45, 7) is 0. The molecule has 17 heavy (non-hydrogen) atoms. The zero-order valence-electron chi connectivity index (χ0n) is 9.11. The van der Waals surface area contributed by atoms with Gasteiger partial charge in [0.1, 0.15) is 23.5 Å². The third-order valence-electron chi connectivity index (χ3n) is 3.53. The maximum atomic E-state index is 13.0. The lowest BCUT2D eigenvalue weighted by molar-refractivity contribution is 0.0645. The second-order valence-corrected chi connectivity index (χ2v) is 4.69. The van der Waals surface area contributed by atoms with Gasteiger partial charge in [0.2, 0.25) is 0 Å². The van der Waals surface area contributed by atoms with E-state index in [0.29, 0.717) is 23.7 Å². The Labute approximate surface area is 97.2 Å². The van der Waals surface area contributed by atoms with Gasteiger partial charge in [0.25, 0.3) is 6.43 Å². The number of anilines is 1. The summed E-state index contributed by atoms with van der Waals surface area (Å²) in [5, 5.41) is 16.0. The standard InChI is InChI=1S/C11H12F2N4/c12-10(13)9-3-8(6-1-2-6)16-11-7(4-14)5-15-17(9)11/h5-6,8-10,16H,1-3H2/t8-,9+/m0/s1. The van der Waals surface area contributed by atoms with Gasteiger partial charge in [-0.3, -0.25) is 0 Å². The van der Waals surface area contributed by atoms with Crippen molar-refractivity contribution >= 4 is 5.82 Å². The van der Waals surface area contributed by atoms with Crippen LogP contribution < -0.4 is 5.32 Å². The molecule has 0 saturated heterocycles. The van der Waals surface area contributed by atoms with Crippen molar-refractivity contribution in [2.45, 2.75) is 37.8 Å². The lowest BCUT2D eigenvalue weighted by atomic mass is 10.0. The third-order valence-corrected chi connectivity index (χ3v) is 3.53. The summed E-state index contributed by atoms with van der Waals surface area (Å²) in [5.74, 6) is 0.937. The molecule has 6 heteroatoms. The van der Waals surface area contributed by atoms with Crippen molar-refractivity contribution in [3.8, 4) is 6.07 Å². The highest BCUT2D eigenvalue weighted by Gasteiger charge is 2.41. The minimum Gasteiger partial charge on any atom is -0.366 e. The van der Waals surface area contributed by atoms with E-state index in [-0.39, 0.29) is 6.04 Å². The van der Waals surface area contributed by atoms with E-state index in [0.717, 1.165) is 12.8 Å². The predicted molar refractivity (Wildman–Crippen MR) is 56.7 cm³/mol. The van der Waals surface area contributed by atoms with E-state index in [1.165, 1.54) is 10.9 Å². The number of nitrogens with one attached hydrogen (secondary N) is 1. The van der Waals surface area contributed by atoms with Crippen LogP contribution in [0.15, 0.2) is 6.20 Å². The molecule has 0 aromatic carbocycles. The number of hydrogen-bond donors (Lipinski definition) is 1. The third kappa shape index (κ3) is 1.66. The van der Waals surface area contributed by atoms with Crippen LogP contribution in [-0.4, -0.2) is 22.2 Å². The van der Waals surface area contributed by atoms with Crippen molar-refractivity contribution in [2.24, 2.45) is 5.92 Å². The van der Waals surface area contributed by atoms with E-state index in [4.69, 9.17) is 5.26 Å². The van der Waals surface area contributed by atoms with E-state index in [9.17, 15) is 8.78 Å². The number of rotatable bonds is 2. The average Bonchev–Trinajstić information content (AvgIpc) is 3.08. The molecular formula is C11H12F2N4. The first-order chi connectivity index (χ1) is 8.20. The fourth-order valence-electron chi connectivity index (χ4n) is 2.45. The molecule has 1 aliphatic carbocycles. The summed E-state index contributed by atoms with van der Waals surface area (Å²) >= 11 is 0. The Bertz CT molecular complexity index is 472. The summed E-state index contributed by atoms with van der Waals surface area (Å²) in [6, 6.07) is 1.14. The van der Waals surface area contributed by atoms with E-state index < -0.39 is 12.5 Å². The average molecular weight is 238 g/mol. The second-order valence-electron chi connectivity index (χ2n) is 4.69. The molecule has 3 rings (SSSR count). The van der Waals surface area contributed by atoms with Crippen LogP contribution in [0.3, 0.4) is 0 Å². The van der Waals surface area contributed by atoms with E-state index >= 15 is 0 Å². The number of alkyl halides is 2. The summed E-state index contributed by atoms with van der Waals surface area (Å²) in [4.78, 5) is 0.